The summed E-state index contributed by atoms with van der Waals surface area (Å²) in [5.41, 5.74) is 0.328. The molecule has 0 heterocycles. The number of aliphatic hydroxyl groups excluding tert-OH is 1. The van der Waals surface area contributed by atoms with Crippen LogP contribution in [0.15, 0.2) is 18.2 Å². The molecule has 1 rings (SSSR count). The maximum Gasteiger partial charge on any atom is 0.255 e. The number of halogens is 2. The van der Waals surface area contributed by atoms with Gasteiger partial charge in [0.15, 0.2) is 0 Å². The Hall–Kier alpha value is -0.810. The van der Waals surface area contributed by atoms with Crippen LogP contribution >= 0.6 is 23.2 Å². The van der Waals surface area contributed by atoms with Crippen molar-refractivity contribution in [1.82, 2.24) is 4.90 Å². The molecule has 0 aliphatic rings. The van der Waals surface area contributed by atoms with Crippen molar-refractivity contribution in [3.63, 3.8) is 0 Å². The number of rotatable bonds is 6. The standard InChI is InChI=1S/C12H15Cl2NO3/c1-18-7-5-15(4-6-16)12(17)10-8-9(13)2-3-11(10)14/h2-3,8,16H,4-7H2,1H3. The predicted octanol–water partition coefficient (Wildman–Crippen LogP) is 2.07. The molecule has 1 aromatic carbocycles. The lowest BCUT2D eigenvalue weighted by molar-refractivity contribution is 0.0656. The number of amides is 1. The molecule has 0 spiro atoms. The van der Waals surface area contributed by atoms with Crippen LogP contribution in [0, 0.1) is 0 Å². The summed E-state index contributed by atoms with van der Waals surface area (Å²) in [6, 6.07) is 4.71. The number of carbonyl (C=O) groups excluding carboxylic acids is 1. The number of nitrogens with zero attached hydrogens (tertiary/aromatic N) is 1. The van der Waals surface area contributed by atoms with Crippen molar-refractivity contribution in [2.75, 3.05) is 33.4 Å². The Balaban J connectivity index is 2.90. The van der Waals surface area contributed by atoms with E-state index in [-0.39, 0.29) is 19.1 Å². The Morgan fingerprint density at radius 2 is 2.11 bits per heavy atom. The first kappa shape index (κ1) is 15.2. The molecule has 0 radical (unpaired) electrons. The minimum absolute atomic E-state index is 0.117. The van der Waals surface area contributed by atoms with Crippen molar-refractivity contribution < 1.29 is 14.6 Å². The summed E-state index contributed by atoms with van der Waals surface area (Å²) in [5.74, 6) is -0.270. The summed E-state index contributed by atoms with van der Waals surface area (Å²) in [6.45, 7) is 0.890. The summed E-state index contributed by atoms with van der Waals surface area (Å²) in [4.78, 5) is 13.7. The molecule has 100 valence electrons. The highest BCUT2D eigenvalue weighted by molar-refractivity contribution is 6.35. The molecule has 1 aromatic rings. The second kappa shape index (κ2) is 7.59. The van der Waals surface area contributed by atoms with Gasteiger partial charge in [-0.15, -0.1) is 0 Å². The maximum absolute atomic E-state index is 12.2. The highest BCUT2D eigenvalue weighted by Gasteiger charge is 2.18. The highest BCUT2D eigenvalue weighted by Crippen LogP contribution is 2.22. The zero-order valence-electron chi connectivity index (χ0n) is 10.0. The molecule has 0 fully saturated rings. The van der Waals surface area contributed by atoms with Gasteiger partial charge in [-0.1, -0.05) is 23.2 Å². The van der Waals surface area contributed by atoms with Gasteiger partial charge in [0, 0.05) is 25.2 Å². The number of benzene rings is 1. The van der Waals surface area contributed by atoms with E-state index in [1.165, 1.54) is 11.0 Å². The third-order valence-corrected chi connectivity index (χ3v) is 2.95. The SMILES string of the molecule is COCCN(CCO)C(=O)c1cc(Cl)ccc1Cl. The van der Waals surface area contributed by atoms with Crippen LogP contribution in [0.5, 0.6) is 0 Å². The highest BCUT2D eigenvalue weighted by atomic mass is 35.5. The largest absolute Gasteiger partial charge is 0.395 e. The quantitative estimate of drug-likeness (QED) is 0.873. The van der Waals surface area contributed by atoms with E-state index in [4.69, 9.17) is 33.0 Å². The Morgan fingerprint density at radius 1 is 1.39 bits per heavy atom. The van der Waals surface area contributed by atoms with Gasteiger partial charge in [-0.3, -0.25) is 4.79 Å². The topological polar surface area (TPSA) is 49.8 Å². The van der Waals surface area contributed by atoms with Gasteiger partial charge < -0.3 is 14.7 Å². The minimum Gasteiger partial charge on any atom is -0.395 e. The zero-order valence-corrected chi connectivity index (χ0v) is 11.5. The molecule has 0 saturated carbocycles. The first-order chi connectivity index (χ1) is 8.60. The molecule has 0 aliphatic carbocycles. The normalized spacial score (nSPS) is 10.4. The zero-order chi connectivity index (χ0) is 13.5. The van der Waals surface area contributed by atoms with Crippen LogP contribution in [-0.2, 0) is 4.74 Å². The fourth-order valence-electron chi connectivity index (χ4n) is 1.47. The third kappa shape index (κ3) is 4.14. The van der Waals surface area contributed by atoms with Crippen molar-refractivity contribution in [1.29, 1.82) is 0 Å². The molecule has 1 N–H and O–H groups in total. The monoisotopic (exact) mass is 291 g/mol. The number of aliphatic hydroxyl groups is 1. The molecule has 0 unspecified atom stereocenters. The van der Waals surface area contributed by atoms with Gasteiger partial charge in [0.2, 0.25) is 0 Å². The van der Waals surface area contributed by atoms with Gasteiger partial charge in [-0.05, 0) is 18.2 Å². The summed E-state index contributed by atoms with van der Waals surface area (Å²) >= 11 is 11.8. The molecule has 6 heteroatoms. The number of ether oxygens (including phenoxy) is 1. The Kier molecular flexibility index (Phi) is 6.43. The van der Waals surface area contributed by atoms with Gasteiger partial charge in [0.25, 0.3) is 5.91 Å². The lowest BCUT2D eigenvalue weighted by Crippen LogP contribution is -2.36. The van der Waals surface area contributed by atoms with Crippen LogP contribution in [-0.4, -0.2) is 49.3 Å². The Labute approximate surface area is 116 Å². The fourth-order valence-corrected chi connectivity index (χ4v) is 1.84. The van der Waals surface area contributed by atoms with Crippen LogP contribution in [0.1, 0.15) is 10.4 Å². The smallest absolute Gasteiger partial charge is 0.255 e. The van der Waals surface area contributed by atoms with Gasteiger partial charge in [-0.2, -0.15) is 0 Å². The predicted molar refractivity (Wildman–Crippen MR) is 71.3 cm³/mol. The molecular weight excluding hydrogens is 277 g/mol. The summed E-state index contributed by atoms with van der Waals surface area (Å²) in [6.07, 6.45) is 0. The average molecular weight is 292 g/mol. The summed E-state index contributed by atoms with van der Waals surface area (Å²) in [5, 5.41) is 9.74. The molecule has 0 aromatic heterocycles. The number of carbonyl (C=O) groups is 1. The van der Waals surface area contributed by atoms with Crippen LogP contribution in [0.2, 0.25) is 10.0 Å². The van der Waals surface area contributed by atoms with Crippen molar-refractivity contribution >= 4 is 29.1 Å². The number of hydrogen-bond acceptors (Lipinski definition) is 3. The van der Waals surface area contributed by atoms with Crippen LogP contribution in [0.4, 0.5) is 0 Å². The van der Waals surface area contributed by atoms with Crippen LogP contribution in [0.3, 0.4) is 0 Å². The lowest BCUT2D eigenvalue weighted by Gasteiger charge is -2.22. The van der Waals surface area contributed by atoms with Crippen molar-refractivity contribution in [3.05, 3.63) is 33.8 Å². The van der Waals surface area contributed by atoms with Crippen molar-refractivity contribution in [2.24, 2.45) is 0 Å². The van der Waals surface area contributed by atoms with Gasteiger partial charge in [0.1, 0.15) is 0 Å². The molecule has 18 heavy (non-hydrogen) atoms. The molecule has 1 amide bonds. The van der Waals surface area contributed by atoms with Gasteiger partial charge >= 0.3 is 0 Å². The minimum atomic E-state index is -0.270. The number of methoxy groups -OCH3 is 1. The van der Waals surface area contributed by atoms with E-state index >= 15 is 0 Å². The first-order valence-electron chi connectivity index (χ1n) is 5.44. The van der Waals surface area contributed by atoms with E-state index in [2.05, 4.69) is 0 Å². The third-order valence-electron chi connectivity index (χ3n) is 2.38. The van der Waals surface area contributed by atoms with Crippen LogP contribution in [0.25, 0.3) is 0 Å². The van der Waals surface area contributed by atoms with Crippen LogP contribution < -0.4 is 0 Å². The second-order valence-corrected chi connectivity index (χ2v) is 4.48. The Morgan fingerprint density at radius 3 is 2.72 bits per heavy atom. The van der Waals surface area contributed by atoms with Crippen molar-refractivity contribution in [2.45, 2.75) is 0 Å². The lowest BCUT2D eigenvalue weighted by atomic mass is 10.2. The fraction of sp³-hybridized carbons (Fsp3) is 0.417. The Bertz CT molecular complexity index is 412. The molecule has 4 nitrogen and oxygen atoms in total. The van der Waals surface area contributed by atoms with E-state index in [0.29, 0.717) is 28.8 Å². The molecule has 0 saturated heterocycles. The molecule has 0 bridgehead atoms. The van der Waals surface area contributed by atoms with Gasteiger partial charge in [0.05, 0.1) is 23.8 Å². The second-order valence-electron chi connectivity index (χ2n) is 3.63. The first-order valence-corrected chi connectivity index (χ1v) is 6.20. The maximum atomic E-state index is 12.2. The number of hydrogen-bond donors (Lipinski definition) is 1. The van der Waals surface area contributed by atoms with Gasteiger partial charge in [-0.25, -0.2) is 0 Å². The average Bonchev–Trinajstić information content (AvgIpc) is 2.36. The van der Waals surface area contributed by atoms with Crippen molar-refractivity contribution in [3.8, 4) is 0 Å². The summed E-state index contributed by atoms with van der Waals surface area (Å²) in [7, 11) is 1.55. The van der Waals surface area contributed by atoms with E-state index in [9.17, 15) is 4.79 Å². The van der Waals surface area contributed by atoms with E-state index in [1.807, 2.05) is 0 Å². The van der Waals surface area contributed by atoms with E-state index in [0.717, 1.165) is 0 Å². The molecule has 0 atom stereocenters. The molecule has 0 aliphatic heterocycles. The summed E-state index contributed by atoms with van der Waals surface area (Å²) < 4.78 is 4.92. The van der Waals surface area contributed by atoms with E-state index in [1.54, 1.807) is 19.2 Å². The molecular formula is C12H15Cl2NO3. The van der Waals surface area contributed by atoms with E-state index < -0.39 is 0 Å².